The third-order valence-corrected chi connectivity index (χ3v) is 6.15. The Kier molecular flexibility index (Phi) is 5.09. The zero-order chi connectivity index (χ0) is 18.9. The maximum absolute atomic E-state index is 13.1. The Balaban J connectivity index is 1.73. The van der Waals surface area contributed by atoms with Crippen LogP contribution in [0.3, 0.4) is 0 Å². The first kappa shape index (κ1) is 18.9. The smallest absolute Gasteiger partial charge is 0.360 e. The number of hydrogen-bond donors (Lipinski definition) is 0. The number of halogens is 3. The van der Waals surface area contributed by atoms with Gasteiger partial charge in [-0.1, -0.05) is 17.3 Å². The fourth-order valence-corrected chi connectivity index (χ4v) is 4.54. The molecule has 1 aliphatic rings. The average Bonchev–Trinajstić information content (AvgIpc) is 2.99. The summed E-state index contributed by atoms with van der Waals surface area (Å²) >= 11 is 0. The first-order valence-corrected chi connectivity index (χ1v) is 9.43. The van der Waals surface area contributed by atoms with E-state index in [1.165, 1.54) is 12.1 Å². The van der Waals surface area contributed by atoms with Gasteiger partial charge in [-0.05, 0) is 19.1 Å². The van der Waals surface area contributed by atoms with Crippen LogP contribution < -0.4 is 0 Å². The van der Waals surface area contributed by atoms with E-state index in [4.69, 9.17) is 4.52 Å². The normalized spacial score (nSPS) is 17.5. The fraction of sp³-hybridized carbons (Fsp3) is 0.438. The van der Waals surface area contributed by atoms with Gasteiger partial charge in [-0.3, -0.25) is 4.90 Å². The van der Waals surface area contributed by atoms with Gasteiger partial charge < -0.3 is 4.52 Å². The number of hydrogen-bond acceptors (Lipinski definition) is 5. The van der Waals surface area contributed by atoms with Gasteiger partial charge in [-0.15, -0.1) is 0 Å². The predicted molar refractivity (Wildman–Crippen MR) is 86.7 cm³/mol. The quantitative estimate of drug-likeness (QED) is 0.804. The SMILES string of the molecule is Cc1cc(CN2CCN(S(=O)(=O)c3ccccc3C(F)(F)F)CC2)on1. The minimum absolute atomic E-state index is 0.113. The minimum Gasteiger partial charge on any atom is -0.360 e. The summed E-state index contributed by atoms with van der Waals surface area (Å²) in [6.45, 7) is 3.30. The van der Waals surface area contributed by atoms with Crippen molar-refractivity contribution in [3.8, 4) is 0 Å². The number of sulfonamides is 1. The maximum atomic E-state index is 13.1. The lowest BCUT2D eigenvalue weighted by atomic mass is 10.2. The van der Waals surface area contributed by atoms with Crippen molar-refractivity contribution in [3.05, 3.63) is 47.3 Å². The summed E-state index contributed by atoms with van der Waals surface area (Å²) in [6.07, 6.45) is -4.73. The molecule has 0 spiro atoms. The van der Waals surface area contributed by atoms with Gasteiger partial charge in [0.15, 0.2) is 5.76 Å². The van der Waals surface area contributed by atoms with Crippen LogP contribution in [0.5, 0.6) is 0 Å². The molecule has 26 heavy (non-hydrogen) atoms. The van der Waals surface area contributed by atoms with Crippen molar-refractivity contribution in [3.63, 3.8) is 0 Å². The Morgan fingerprint density at radius 3 is 2.38 bits per heavy atom. The van der Waals surface area contributed by atoms with Crippen LogP contribution in [0.1, 0.15) is 17.0 Å². The molecule has 0 atom stereocenters. The molecule has 0 N–H and O–H groups in total. The van der Waals surface area contributed by atoms with Gasteiger partial charge in [0.25, 0.3) is 0 Å². The summed E-state index contributed by atoms with van der Waals surface area (Å²) in [4.78, 5) is 1.27. The van der Waals surface area contributed by atoms with Gasteiger partial charge >= 0.3 is 6.18 Å². The van der Waals surface area contributed by atoms with E-state index in [1.54, 1.807) is 13.0 Å². The number of rotatable bonds is 4. The molecule has 0 saturated carbocycles. The van der Waals surface area contributed by atoms with Crippen molar-refractivity contribution < 1.29 is 26.1 Å². The molecule has 0 bridgehead atoms. The van der Waals surface area contributed by atoms with Crippen molar-refractivity contribution in [1.82, 2.24) is 14.4 Å². The Morgan fingerprint density at radius 1 is 1.15 bits per heavy atom. The predicted octanol–water partition coefficient (Wildman–Crippen LogP) is 2.51. The highest BCUT2D eigenvalue weighted by atomic mass is 32.2. The lowest BCUT2D eigenvalue weighted by molar-refractivity contribution is -0.139. The maximum Gasteiger partial charge on any atom is 0.417 e. The lowest BCUT2D eigenvalue weighted by Gasteiger charge is -2.33. The van der Waals surface area contributed by atoms with Gasteiger partial charge in [0, 0.05) is 32.2 Å². The number of nitrogens with zero attached hydrogens (tertiary/aromatic N) is 3. The summed E-state index contributed by atoms with van der Waals surface area (Å²) in [5.41, 5.74) is -0.385. The van der Waals surface area contributed by atoms with Crippen LogP contribution >= 0.6 is 0 Å². The Bertz CT molecular complexity index is 872. The highest BCUT2D eigenvalue weighted by Crippen LogP contribution is 2.35. The molecular weight excluding hydrogens is 371 g/mol. The lowest BCUT2D eigenvalue weighted by Crippen LogP contribution is -2.48. The van der Waals surface area contributed by atoms with Crippen molar-refractivity contribution in [1.29, 1.82) is 0 Å². The zero-order valence-electron chi connectivity index (χ0n) is 14.0. The van der Waals surface area contributed by atoms with Crippen molar-refractivity contribution in [2.45, 2.75) is 24.5 Å². The van der Waals surface area contributed by atoms with Crippen LogP contribution in [0, 0.1) is 6.92 Å². The first-order chi connectivity index (χ1) is 12.2. The Labute approximate surface area is 149 Å². The average molecular weight is 389 g/mol. The van der Waals surface area contributed by atoms with Crippen molar-refractivity contribution in [2.75, 3.05) is 26.2 Å². The second kappa shape index (κ2) is 7.01. The van der Waals surface area contributed by atoms with E-state index in [-0.39, 0.29) is 13.1 Å². The second-order valence-corrected chi connectivity index (χ2v) is 8.02. The van der Waals surface area contributed by atoms with Crippen molar-refractivity contribution in [2.24, 2.45) is 0 Å². The number of piperazine rings is 1. The highest BCUT2D eigenvalue weighted by molar-refractivity contribution is 7.89. The second-order valence-electron chi connectivity index (χ2n) is 6.11. The van der Waals surface area contributed by atoms with E-state index in [2.05, 4.69) is 5.16 Å². The van der Waals surface area contributed by atoms with E-state index in [1.807, 2.05) is 4.90 Å². The molecule has 0 radical (unpaired) electrons. The van der Waals surface area contributed by atoms with Crippen molar-refractivity contribution >= 4 is 10.0 Å². The van der Waals surface area contributed by atoms with Gasteiger partial charge in [0.1, 0.15) is 0 Å². The Hall–Kier alpha value is -1.91. The molecule has 1 aromatic heterocycles. The third kappa shape index (κ3) is 3.92. The summed E-state index contributed by atoms with van der Waals surface area (Å²) in [7, 11) is -4.22. The zero-order valence-corrected chi connectivity index (χ0v) is 14.8. The van der Waals surface area contributed by atoms with E-state index in [0.717, 1.165) is 22.1 Å². The molecule has 6 nitrogen and oxygen atoms in total. The standard InChI is InChI=1S/C16H18F3N3O3S/c1-12-10-13(25-20-12)11-21-6-8-22(9-7-21)26(23,24)15-5-3-2-4-14(15)16(17,18)19/h2-5,10H,6-9,11H2,1H3. The van der Waals surface area contributed by atoms with Crippen LogP contribution in [-0.4, -0.2) is 49.0 Å². The van der Waals surface area contributed by atoms with Crippen LogP contribution in [0.2, 0.25) is 0 Å². The molecule has 0 unspecified atom stereocenters. The fourth-order valence-electron chi connectivity index (χ4n) is 2.90. The van der Waals surface area contributed by atoms with Crippen LogP contribution in [0.4, 0.5) is 13.2 Å². The van der Waals surface area contributed by atoms with Gasteiger partial charge in [-0.25, -0.2) is 8.42 Å². The van der Waals surface area contributed by atoms with Crippen LogP contribution in [0.15, 0.2) is 39.8 Å². The molecule has 1 fully saturated rings. The summed E-state index contributed by atoms with van der Waals surface area (Å²) in [5, 5.41) is 3.79. The van der Waals surface area contributed by atoms with Gasteiger partial charge in [0.2, 0.25) is 10.0 Å². The molecule has 142 valence electrons. The number of aromatic nitrogens is 1. The molecule has 1 aromatic carbocycles. The molecule has 3 rings (SSSR count). The number of aryl methyl sites for hydroxylation is 1. The third-order valence-electron chi connectivity index (χ3n) is 4.20. The molecular formula is C16H18F3N3O3S. The molecule has 0 aliphatic carbocycles. The molecule has 2 aromatic rings. The molecule has 10 heteroatoms. The summed E-state index contributed by atoms with van der Waals surface area (Å²) in [6, 6.07) is 6.06. The van der Waals surface area contributed by atoms with E-state index >= 15 is 0 Å². The summed E-state index contributed by atoms with van der Waals surface area (Å²) < 4.78 is 71.1. The molecule has 2 heterocycles. The van der Waals surface area contributed by atoms with E-state index in [9.17, 15) is 21.6 Å². The van der Waals surface area contributed by atoms with E-state index < -0.39 is 26.7 Å². The topological polar surface area (TPSA) is 66.7 Å². The van der Waals surface area contributed by atoms with E-state index in [0.29, 0.717) is 25.4 Å². The first-order valence-electron chi connectivity index (χ1n) is 7.99. The van der Waals surface area contributed by atoms with Crippen LogP contribution in [-0.2, 0) is 22.7 Å². The molecule has 1 aliphatic heterocycles. The van der Waals surface area contributed by atoms with Gasteiger partial charge in [0.05, 0.1) is 22.7 Å². The number of alkyl halides is 3. The molecule has 0 amide bonds. The minimum atomic E-state index is -4.73. The number of benzene rings is 1. The monoisotopic (exact) mass is 389 g/mol. The summed E-state index contributed by atoms with van der Waals surface area (Å²) in [5.74, 6) is 0.668. The Morgan fingerprint density at radius 2 is 1.81 bits per heavy atom. The largest absolute Gasteiger partial charge is 0.417 e. The van der Waals surface area contributed by atoms with Gasteiger partial charge in [-0.2, -0.15) is 17.5 Å². The highest BCUT2D eigenvalue weighted by Gasteiger charge is 2.39. The van der Waals surface area contributed by atoms with Crippen LogP contribution in [0.25, 0.3) is 0 Å². The molecule has 1 saturated heterocycles.